The molecule has 2 aromatic carbocycles. The Morgan fingerprint density at radius 3 is 2.58 bits per heavy atom. The fourth-order valence-corrected chi connectivity index (χ4v) is 9.61. The average molecular weight is 730 g/mol. The summed E-state index contributed by atoms with van der Waals surface area (Å²) in [7, 11) is 1.80. The number of nitrogens with one attached hydrogen (secondary N) is 1. The number of amides is 1. The maximum atomic E-state index is 13.0. The molecule has 1 fully saturated rings. The summed E-state index contributed by atoms with van der Waals surface area (Å²) in [6, 6.07) is 13.7. The molecule has 2 heterocycles. The molecule has 1 amide bonds. The fraction of sp³-hybridized carbons (Fsp3) is 0.548. The van der Waals surface area contributed by atoms with Gasteiger partial charge in [0.1, 0.15) is 11.3 Å². The summed E-state index contributed by atoms with van der Waals surface area (Å²) in [4.78, 5) is 31.3. The molecule has 0 radical (unpaired) electrons. The molecule has 1 aliphatic heterocycles. The number of aromatic nitrogens is 1. The smallest absolute Gasteiger partial charge is 0.329 e. The number of aliphatic carboxylic acids is 1. The van der Waals surface area contributed by atoms with Crippen LogP contribution in [0.2, 0.25) is 5.02 Å². The zero-order valence-corrected chi connectivity index (χ0v) is 31.6. The van der Waals surface area contributed by atoms with Crippen LogP contribution in [0.4, 0.5) is 5.69 Å². The summed E-state index contributed by atoms with van der Waals surface area (Å²) in [6.45, 7) is 8.22. The van der Waals surface area contributed by atoms with Crippen LogP contribution in [0.1, 0.15) is 94.0 Å². The Labute approximate surface area is 312 Å². The second-order valence-electron chi connectivity index (χ2n) is 16.0. The lowest BCUT2D eigenvalue weighted by atomic mass is 9.59. The second kappa shape index (κ2) is 14.8. The number of carboxylic acids is 1. The highest BCUT2D eigenvalue weighted by Crippen LogP contribution is 2.58. The molecule has 7 rings (SSSR count). The van der Waals surface area contributed by atoms with Gasteiger partial charge in [0.05, 0.1) is 19.8 Å². The summed E-state index contributed by atoms with van der Waals surface area (Å²) in [5.74, 6) is 2.69. The van der Waals surface area contributed by atoms with Gasteiger partial charge in [0.2, 0.25) is 5.91 Å². The Morgan fingerprint density at radius 2 is 1.87 bits per heavy atom. The first-order chi connectivity index (χ1) is 25.0. The molecule has 4 atom stereocenters. The maximum Gasteiger partial charge on any atom is 0.329 e. The number of carbonyl (C=O) groups is 2. The minimum atomic E-state index is -1.10. The van der Waals surface area contributed by atoms with Gasteiger partial charge in [-0.3, -0.25) is 9.78 Å². The van der Waals surface area contributed by atoms with Crippen LogP contribution in [0, 0.1) is 17.8 Å². The van der Waals surface area contributed by atoms with Crippen LogP contribution in [0.5, 0.6) is 17.2 Å². The highest BCUT2D eigenvalue weighted by molar-refractivity contribution is 6.30. The monoisotopic (exact) mass is 729 g/mol. The number of anilines is 1. The third-order valence-electron chi connectivity index (χ3n) is 12.4. The van der Waals surface area contributed by atoms with Crippen LogP contribution in [0.25, 0.3) is 0 Å². The van der Waals surface area contributed by atoms with Crippen molar-refractivity contribution in [2.75, 3.05) is 38.7 Å². The predicted molar refractivity (Wildman–Crippen MR) is 202 cm³/mol. The number of fused-ring (bicyclic) bond motifs is 4. The van der Waals surface area contributed by atoms with Gasteiger partial charge in [-0.1, -0.05) is 31.5 Å². The van der Waals surface area contributed by atoms with Crippen molar-refractivity contribution in [1.29, 1.82) is 0 Å². The van der Waals surface area contributed by atoms with Crippen molar-refractivity contribution >= 4 is 29.2 Å². The lowest BCUT2D eigenvalue weighted by Gasteiger charge is -2.47. The van der Waals surface area contributed by atoms with E-state index in [0.29, 0.717) is 61.8 Å². The van der Waals surface area contributed by atoms with E-state index in [0.717, 1.165) is 55.8 Å². The van der Waals surface area contributed by atoms with Crippen molar-refractivity contribution in [3.63, 3.8) is 0 Å². The number of hydrogen-bond acceptors (Lipinski definition) is 7. The average Bonchev–Trinajstić information content (AvgIpc) is 3.24. The van der Waals surface area contributed by atoms with Gasteiger partial charge in [-0.25, -0.2) is 4.79 Å². The van der Waals surface area contributed by atoms with Crippen LogP contribution >= 0.6 is 11.6 Å². The lowest BCUT2D eigenvalue weighted by Crippen LogP contribution is -2.53. The van der Waals surface area contributed by atoms with Crippen molar-refractivity contribution in [3.8, 4) is 17.2 Å². The number of nitrogens with zero attached hydrogens (tertiary/aromatic N) is 2. The van der Waals surface area contributed by atoms with E-state index >= 15 is 0 Å². The Hall–Kier alpha value is -3.98. The van der Waals surface area contributed by atoms with E-state index in [1.165, 1.54) is 28.8 Å². The lowest BCUT2D eigenvalue weighted by molar-refractivity contribution is -0.144. The fourth-order valence-electron chi connectivity index (χ4n) is 9.42. The molecule has 1 saturated carbocycles. The number of ether oxygens (including phenoxy) is 3. The number of carboxylic acid groups (broad SMARTS) is 1. The third-order valence-corrected chi connectivity index (χ3v) is 12.6. The second-order valence-corrected chi connectivity index (χ2v) is 16.5. The highest BCUT2D eigenvalue weighted by atomic mass is 35.5. The topological polar surface area (TPSA) is 110 Å². The molecule has 4 aliphatic rings. The minimum absolute atomic E-state index is 0.0163. The zero-order chi connectivity index (χ0) is 36.6. The number of hydrogen-bond donors (Lipinski definition) is 2. The van der Waals surface area contributed by atoms with Gasteiger partial charge in [0.15, 0.2) is 11.5 Å². The van der Waals surface area contributed by atoms with Crippen LogP contribution in [-0.2, 0) is 27.8 Å². The van der Waals surface area contributed by atoms with Crippen LogP contribution in [0.15, 0.2) is 48.7 Å². The summed E-state index contributed by atoms with van der Waals surface area (Å²) in [6.07, 6.45) is 9.44. The molecule has 10 heteroatoms. The number of rotatable bonds is 10. The summed E-state index contributed by atoms with van der Waals surface area (Å²) < 4.78 is 19.4. The molecular weight excluding hydrogens is 678 g/mol. The molecule has 52 heavy (non-hydrogen) atoms. The predicted octanol–water partition coefficient (Wildman–Crippen LogP) is 8.07. The van der Waals surface area contributed by atoms with E-state index in [1.807, 2.05) is 24.4 Å². The summed E-state index contributed by atoms with van der Waals surface area (Å²) >= 11 is 6.29. The molecule has 0 saturated heterocycles. The molecule has 278 valence electrons. The van der Waals surface area contributed by atoms with E-state index in [2.05, 4.69) is 36.3 Å². The molecule has 2 unspecified atom stereocenters. The van der Waals surface area contributed by atoms with E-state index in [4.69, 9.17) is 25.8 Å². The first-order valence-corrected chi connectivity index (χ1v) is 19.4. The Morgan fingerprint density at radius 1 is 1.12 bits per heavy atom. The number of aryl methyl sites for hydroxylation is 1. The van der Waals surface area contributed by atoms with Crippen LogP contribution in [-0.4, -0.2) is 65.8 Å². The Kier molecular flexibility index (Phi) is 10.4. The van der Waals surface area contributed by atoms with Gasteiger partial charge in [-0.05, 0) is 128 Å². The number of halogens is 1. The van der Waals surface area contributed by atoms with Crippen LogP contribution < -0.4 is 19.5 Å². The number of benzene rings is 2. The largest absolute Gasteiger partial charge is 0.493 e. The van der Waals surface area contributed by atoms with Crippen molar-refractivity contribution in [2.24, 2.45) is 17.8 Å². The van der Waals surface area contributed by atoms with Crippen molar-refractivity contribution in [3.05, 3.63) is 76.1 Å². The Bertz CT molecular complexity index is 1810. The standard InChI is InChI=1S/C42H52ClN3O6/c1-26(23-50-36-11-16-44-35-10-5-7-27(2)39(35)36)17-31-18-30-19-37-38(52-25-29(24-51-37)22-46(4)28(3)47)21-34(30)41(31)12-14-42(15-13-41,40(48)49)45-33-9-6-8-32(43)20-33/h6,8-9,11,16,19-21,26-27,29,31,45H,5,7,10,12-15,17-18,22-25H2,1-4H3,(H,48,49)/t26-,27-,29?,31?,41?,42?/m1/s1. The van der Waals surface area contributed by atoms with E-state index in [-0.39, 0.29) is 23.2 Å². The molecule has 3 aromatic rings. The van der Waals surface area contributed by atoms with Gasteiger partial charge in [-0.15, -0.1) is 0 Å². The van der Waals surface area contributed by atoms with E-state index < -0.39 is 11.5 Å². The maximum absolute atomic E-state index is 13.0. The third kappa shape index (κ3) is 7.17. The van der Waals surface area contributed by atoms with Crippen LogP contribution in [0.3, 0.4) is 0 Å². The number of carbonyl (C=O) groups excluding carboxylic acids is 1. The first kappa shape index (κ1) is 36.4. The van der Waals surface area contributed by atoms with Gasteiger partial charge in [0.25, 0.3) is 0 Å². The van der Waals surface area contributed by atoms with Crippen molar-refractivity contribution in [2.45, 2.75) is 95.4 Å². The molecule has 1 spiro atoms. The highest BCUT2D eigenvalue weighted by Gasteiger charge is 2.54. The quantitative estimate of drug-likeness (QED) is 0.216. The van der Waals surface area contributed by atoms with Gasteiger partial charge in [-0.2, -0.15) is 0 Å². The molecule has 0 bridgehead atoms. The SMILES string of the molecule is CC(=O)N(C)CC1COc2cc3c(cc2OC1)C1(CCC(Nc2cccc(Cl)c2)(C(=O)O)CC1)C(C[C@@H](C)COc1ccnc2c1[C@H](C)CCC2)C3. The molecule has 3 aliphatic carbocycles. The molecule has 1 aromatic heterocycles. The van der Waals surface area contributed by atoms with Crippen molar-refractivity contribution in [1.82, 2.24) is 9.88 Å². The van der Waals surface area contributed by atoms with Gasteiger partial charge in [0, 0.05) is 54.6 Å². The zero-order valence-electron chi connectivity index (χ0n) is 30.9. The van der Waals surface area contributed by atoms with E-state index in [9.17, 15) is 14.7 Å². The molecule has 2 N–H and O–H groups in total. The first-order valence-electron chi connectivity index (χ1n) is 19.0. The van der Waals surface area contributed by atoms with Gasteiger partial charge < -0.3 is 29.5 Å². The minimum Gasteiger partial charge on any atom is -0.493 e. The van der Waals surface area contributed by atoms with Crippen molar-refractivity contribution < 1.29 is 28.9 Å². The summed E-state index contributed by atoms with van der Waals surface area (Å²) in [5, 5.41) is 14.6. The molecule has 9 nitrogen and oxygen atoms in total. The molecular formula is C42H52ClN3O6. The van der Waals surface area contributed by atoms with Gasteiger partial charge >= 0.3 is 5.97 Å². The van der Waals surface area contributed by atoms with E-state index in [1.54, 1.807) is 31.0 Å². The normalized spacial score (nSPS) is 26.8. The Balaban J connectivity index is 1.14. The number of pyridine rings is 1. The summed E-state index contributed by atoms with van der Waals surface area (Å²) in [5.41, 5.74) is 4.35.